The van der Waals surface area contributed by atoms with Gasteiger partial charge in [-0.05, 0) is 50.4 Å². The van der Waals surface area contributed by atoms with Gasteiger partial charge in [-0.15, -0.1) is 0 Å². The van der Waals surface area contributed by atoms with Crippen molar-refractivity contribution in [2.45, 2.75) is 51.7 Å². The molecule has 0 radical (unpaired) electrons. The van der Waals surface area contributed by atoms with E-state index < -0.39 is 6.10 Å². The normalized spacial score (nSPS) is 21.6. The van der Waals surface area contributed by atoms with E-state index in [0.29, 0.717) is 31.9 Å². The number of carbonyl (C=O) groups excluding carboxylic acids is 2. The third-order valence-electron chi connectivity index (χ3n) is 5.50. The lowest BCUT2D eigenvalue weighted by Crippen LogP contribution is -2.57. The molecule has 2 atom stereocenters. The molecule has 2 heterocycles. The van der Waals surface area contributed by atoms with Crippen LogP contribution in [-0.4, -0.2) is 66.5 Å². The van der Waals surface area contributed by atoms with Crippen LogP contribution in [0.1, 0.15) is 38.7 Å². The molecule has 1 N–H and O–H groups in total. The Kier molecular flexibility index (Phi) is 6.72. The molecule has 1 aromatic carbocycles. The SMILES string of the molecule is CCc1ccc(OC(C)C(=O)N2CCN(C(=O)C3CCCCN3)CC2)cc1. The Morgan fingerprint density at radius 1 is 1.11 bits per heavy atom. The molecular weight excluding hydrogens is 342 g/mol. The van der Waals surface area contributed by atoms with Crippen molar-refractivity contribution >= 4 is 11.8 Å². The Bertz CT molecular complexity index is 633. The minimum atomic E-state index is -0.528. The molecule has 3 rings (SSSR count). The first-order valence-electron chi connectivity index (χ1n) is 10.1. The summed E-state index contributed by atoms with van der Waals surface area (Å²) in [5, 5.41) is 3.31. The molecule has 2 unspecified atom stereocenters. The molecule has 2 aliphatic heterocycles. The predicted octanol–water partition coefficient (Wildman–Crippen LogP) is 1.83. The van der Waals surface area contributed by atoms with Crippen LogP contribution in [0, 0.1) is 0 Å². The first-order chi connectivity index (χ1) is 13.1. The number of aryl methyl sites for hydroxylation is 1. The molecule has 0 aliphatic carbocycles. The number of carbonyl (C=O) groups is 2. The van der Waals surface area contributed by atoms with Gasteiger partial charge in [-0.2, -0.15) is 0 Å². The number of rotatable bonds is 5. The van der Waals surface area contributed by atoms with Gasteiger partial charge in [-0.25, -0.2) is 0 Å². The summed E-state index contributed by atoms with van der Waals surface area (Å²) in [7, 11) is 0. The van der Waals surface area contributed by atoms with Crippen molar-refractivity contribution in [3.05, 3.63) is 29.8 Å². The second-order valence-electron chi connectivity index (χ2n) is 7.41. The quantitative estimate of drug-likeness (QED) is 0.855. The van der Waals surface area contributed by atoms with Gasteiger partial charge in [0.25, 0.3) is 5.91 Å². The van der Waals surface area contributed by atoms with E-state index in [4.69, 9.17) is 4.74 Å². The highest BCUT2D eigenvalue weighted by Gasteiger charge is 2.31. The molecule has 2 amide bonds. The van der Waals surface area contributed by atoms with Crippen molar-refractivity contribution in [1.82, 2.24) is 15.1 Å². The Hall–Kier alpha value is -2.08. The monoisotopic (exact) mass is 373 g/mol. The Balaban J connectivity index is 1.47. The van der Waals surface area contributed by atoms with Crippen LogP contribution in [0.5, 0.6) is 5.75 Å². The van der Waals surface area contributed by atoms with E-state index in [1.807, 2.05) is 34.1 Å². The average Bonchev–Trinajstić information content (AvgIpc) is 2.74. The highest BCUT2D eigenvalue weighted by Crippen LogP contribution is 2.16. The lowest BCUT2D eigenvalue weighted by molar-refractivity contribution is -0.144. The van der Waals surface area contributed by atoms with E-state index in [2.05, 4.69) is 12.2 Å². The third-order valence-corrected chi connectivity index (χ3v) is 5.50. The third kappa shape index (κ3) is 5.01. The summed E-state index contributed by atoms with van der Waals surface area (Å²) in [6.07, 6.45) is 3.62. The molecule has 2 fully saturated rings. The summed E-state index contributed by atoms with van der Waals surface area (Å²) in [6.45, 7) is 7.15. The summed E-state index contributed by atoms with van der Waals surface area (Å²) in [5.74, 6) is 0.879. The first kappa shape index (κ1) is 19.7. The van der Waals surface area contributed by atoms with Crippen molar-refractivity contribution < 1.29 is 14.3 Å². The molecule has 6 heteroatoms. The van der Waals surface area contributed by atoms with E-state index in [-0.39, 0.29) is 17.9 Å². The maximum atomic E-state index is 12.7. The summed E-state index contributed by atoms with van der Waals surface area (Å²) in [6, 6.07) is 7.83. The number of hydrogen-bond acceptors (Lipinski definition) is 4. The van der Waals surface area contributed by atoms with E-state index in [9.17, 15) is 9.59 Å². The van der Waals surface area contributed by atoms with Gasteiger partial charge >= 0.3 is 0 Å². The van der Waals surface area contributed by atoms with Gasteiger partial charge in [0.1, 0.15) is 5.75 Å². The number of nitrogens with zero attached hydrogens (tertiary/aromatic N) is 2. The lowest BCUT2D eigenvalue weighted by atomic mass is 10.0. The maximum Gasteiger partial charge on any atom is 0.263 e. The smallest absolute Gasteiger partial charge is 0.263 e. The zero-order valence-electron chi connectivity index (χ0n) is 16.4. The topological polar surface area (TPSA) is 61.9 Å². The standard InChI is InChI=1S/C21H31N3O3/c1-3-17-7-9-18(10-8-17)27-16(2)20(25)23-12-14-24(15-13-23)21(26)19-6-4-5-11-22-19/h7-10,16,19,22H,3-6,11-15H2,1-2H3. The van der Waals surface area contributed by atoms with Gasteiger partial charge in [0.2, 0.25) is 5.91 Å². The molecule has 2 aliphatic rings. The zero-order chi connectivity index (χ0) is 19.2. The van der Waals surface area contributed by atoms with Crippen LogP contribution in [-0.2, 0) is 16.0 Å². The number of piperazine rings is 1. The van der Waals surface area contributed by atoms with E-state index in [1.54, 1.807) is 6.92 Å². The fraction of sp³-hybridized carbons (Fsp3) is 0.619. The number of piperidine rings is 1. The second-order valence-corrected chi connectivity index (χ2v) is 7.41. The van der Waals surface area contributed by atoms with E-state index in [0.717, 1.165) is 32.2 Å². The lowest BCUT2D eigenvalue weighted by Gasteiger charge is -2.38. The van der Waals surface area contributed by atoms with Crippen LogP contribution in [0.3, 0.4) is 0 Å². The first-order valence-corrected chi connectivity index (χ1v) is 10.1. The van der Waals surface area contributed by atoms with Crippen molar-refractivity contribution in [3.8, 4) is 5.75 Å². The fourth-order valence-electron chi connectivity index (χ4n) is 3.75. The fourth-order valence-corrected chi connectivity index (χ4v) is 3.75. The van der Waals surface area contributed by atoms with Gasteiger partial charge in [0.15, 0.2) is 6.10 Å². The summed E-state index contributed by atoms with van der Waals surface area (Å²) >= 11 is 0. The molecule has 0 spiro atoms. The molecule has 2 saturated heterocycles. The summed E-state index contributed by atoms with van der Waals surface area (Å²) in [5.41, 5.74) is 1.24. The van der Waals surface area contributed by atoms with Crippen LogP contribution >= 0.6 is 0 Å². The van der Waals surface area contributed by atoms with E-state index >= 15 is 0 Å². The van der Waals surface area contributed by atoms with Crippen LogP contribution < -0.4 is 10.1 Å². The largest absolute Gasteiger partial charge is 0.481 e. The van der Waals surface area contributed by atoms with Gasteiger partial charge in [-0.1, -0.05) is 25.5 Å². The Morgan fingerprint density at radius 3 is 2.37 bits per heavy atom. The van der Waals surface area contributed by atoms with Crippen molar-refractivity contribution in [2.75, 3.05) is 32.7 Å². The highest BCUT2D eigenvalue weighted by atomic mass is 16.5. The predicted molar refractivity (Wildman–Crippen MR) is 105 cm³/mol. The maximum absolute atomic E-state index is 12.7. The molecule has 1 aromatic rings. The van der Waals surface area contributed by atoms with Crippen LogP contribution in [0.15, 0.2) is 24.3 Å². The molecule has 27 heavy (non-hydrogen) atoms. The molecule has 0 saturated carbocycles. The van der Waals surface area contributed by atoms with Gasteiger partial charge < -0.3 is 19.9 Å². The summed E-state index contributed by atoms with van der Waals surface area (Å²) < 4.78 is 5.82. The molecule has 6 nitrogen and oxygen atoms in total. The zero-order valence-corrected chi connectivity index (χ0v) is 16.4. The minimum absolute atomic E-state index is 0.0162. The van der Waals surface area contributed by atoms with E-state index in [1.165, 1.54) is 5.56 Å². The highest BCUT2D eigenvalue weighted by molar-refractivity contribution is 5.83. The molecule has 0 bridgehead atoms. The number of amides is 2. The number of hydrogen-bond donors (Lipinski definition) is 1. The molecule has 0 aromatic heterocycles. The van der Waals surface area contributed by atoms with Crippen LogP contribution in [0.2, 0.25) is 0 Å². The van der Waals surface area contributed by atoms with Crippen LogP contribution in [0.4, 0.5) is 0 Å². The van der Waals surface area contributed by atoms with Crippen molar-refractivity contribution in [2.24, 2.45) is 0 Å². The second kappa shape index (κ2) is 9.22. The van der Waals surface area contributed by atoms with Gasteiger partial charge in [-0.3, -0.25) is 9.59 Å². The number of benzene rings is 1. The molecular formula is C21H31N3O3. The average molecular weight is 373 g/mol. The summed E-state index contributed by atoms with van der Waals surface area (Å²) in [4.78, 5) is 29.0. The van der Waals surface area contributed by atoms with Gasteiger partial charge in [0.05, 0.1) is 6.04 Å². The Labute approximate surface area is 161 Å². The number of nitrogens with one attached hydrogen (secondary N) is 1. The Morgan fingerprint density at radius 2 is 1.78 bits per heavy atom. The molecule has 148 valence electrons. The van der Waals surface area contributed by atoms with Crippen LogP contribution in [0.25, 0.3) is 0 Å². The van der Waals surface area contributed by atoms with Crippen molar-refractivity contribution in [1.29, 1.82) is 0 Å². The number of ether oxygens (including phenoxy) is 1. The van der Waals surface area contributed by atoms with Gasteiger partial charge in [0, 0.05) is 26.2 Å². The minimum Gasteiger partial charge on any atom is -0.481 e. The van der Waals surface area contributed by atoms with Crippen molar-refractivity contribution in [3.63, 3.8) is 0 Å².